The molecule has 2 aromatic heterocycles. The molecule has 0 bridgehead atoms. The number of nitrogens with zero attached hydrogens (tertiary/aromatic N) is 2. The molecular weight excluding hydrogens is 234 g/mol. The second kappa shape index (κ2) is 4.97. The van der Waals surface area contributed by atoms with Crippen molar-refractivity contribution in [3.05, 3.63) is 40.2 Å². The van der Waals surface area contributed by atoms with E-state index in [1.165, 1.54) is 11.0 Å². The summed E-state index contributed by atoms with van der Waals surface area (Å²) in [5, 5.41) is 6.75. The molecule has 1 N–H and O–H groups in total. The molecule has 4 nitrogen and oxygen atoms in total. The van der Waals surface area contributed by atoms with E-state index in [0.29, 0.717) is 5.82 Å². The fourth-order valence-corrected chi connectivity index (χ4v) is 2.13. The van der Waals surface area contributed by atoms with Gasteiger partial charge in [0.15, 0.2) is 5.82 Å². The van der Waals surface area contributed by atoms with Crippen molar-refractivity contribution in [1.82, 2.24) is 9.78 Å². The molecule has 0 saturated carbocycles. The Kier molecular flexibility index (Phi) is 3.39. The Morgan fingerprint density at radius 2 is 2.29 bits per heavy atom. The largest absolute Gasteiger partial charge is 0.306 e. The van der Waals surface area contributed by atoms with Gasteiger partial charge in [0.2, 0.25) is 5.91 Å². The Balaban J connectivity index is 1.95. The zero-order valence-corrected chi connectivity index (χ0v) is 10.5. The molecule has 2 aromatic rings. The number of hydrogen-bond donors (Lipinski definition) is 1. The first-order valence-corrected chi connectivity index (χ1v) is 6.00. The normalized spacial score (nSPS) is 10.9. The average Bonchev–Trinajstić information content (AvgIpc) is 2.85. The van der Waals surface area contributed by atoms with Crippen molar-refractivity contribution < 1.29 is 4.79 Å². The molecule has 0 aliphatic heterocycles. The highest BCUT2D eigenvalue weighted by atomic mass is 32.1. The third-order valence-electron chi connectivity index (χ3n) is 2.13. The smallest absolute Gasteiger partial charge is 0.249 e. The molecule has 1 amide bonds. The summed E-state index contributed by atoms with van der Waals surface area (Å²) < 4.78 is 1.64. The number of anilines is 1. The highest BCUT2D eigenvalue weighted by molar-refractivity contribution is 7.12. The fourth-order valence-electron chi connectivity index (χ4n) is 1.35. The van der Waals surface area contributed by atoms with Gasteiger partial charge in [-0.05, 0) is 25.1 Å². The number of aryl methyl sites for hydroxylation is 2. The predicted molar refractivity (Wildman–Crippen MR) is 69.9 cm³/mol. The molecule has 2 rings (SSSR count). The zero-order chi connectivity index (χ0) is 12.3. The Morgan fingerprint density at radius 3 is 2.88 bits per heavy atom. The number of thiophene rings is 1. The van der Waals surface area contributed by atoms with Crippen LogP contribution in [-0.4, -0.2) is 15.7 Å². The van der Waals surface area contributed by atoms with Crippen molar-refractivity contribution in [2.75, 3.05) is 5.32 Å². The molecule has 0 fully saturated rings. The van der Waals surface area contributed by atoms with E-state index in [0.717, 1.165) is 4.88 Å². The summed E-state index contributed by atoms with van der Waals surface area (Å²) in [5.41, 5.74) is 0. The highest BCUT2D eigenvalue weighted by Gasteiger charge is 2.00. The van der Waals surface area contributed by atoms with Crippen LogP contribution < -0.4 is 5.32 Å². The number of amides is 1. The number of aromatic nitrogens is 2. The summed E-state index contributed by atoms with van der Waals surface area (Å²) in [6, 6.07) is 5.77. The monoisotopic (exact) mass is 247 g/mol. The van der Waals surface area contributed by atoms with E-state index in [-0.39, 0.29) is 5.91 Å². The second-order valence-corrected chi connectivity index (χ2v) is 4.97. The van der Waals surface area contributed by atoms with E-state index in [4.69, 9.17) is 0 Å². The maximum absolute atomic E-state index is 11.6. The number of nitrogens with one attached hydrogen (secondary N) is 1. The molecule has 0 saturated heterocycles. The van der Waals surface area contributed by atoms with Crippen LogP contribution in [0.15, 0.2) is 30.5 Å². The van der Waals surface area contributed by atoms with E-state index in [1.54, 1.807) is 41.4 Å². The maximum Gasteiger partial charge on any atom is 0.249 e. The molecule has 2 heterocycles. The van der Waals surface area contributed by atoms with Crippen molar-refractivity contribution in [3.63, 3.8) is 0 Å². The lowest BCUT2D eigenvalue weighted by Crippen LogP contribution is -2.08. The Bertz CT molecular complexity index is 554. The van der Waals surface area contributed by atoms with Gasteiger partial charge in [-0.15, -0.1) is 11.3 Å². The fraction of sp³-hybridized carbons (Fsp3) is 0.167. The summed E-state index contributed by atoms with van der Waals surface area (Å²) in [6.45, 7) is 2.04. The number of carbonyl (C=O) groups excluding carboxylic acids is 1. The SMILES string of the molecule is Cc1ccc(/C=C/C(=O)Nc2ccn(C)n2)s1. The molecule has 0 radical (unpaired) electrons. The summed E-state index contributed by atoms with van der Waals surface area (Å²) in [7, 11) is 1.81. The van der Waals surface area contributed by atoms with Gasteiger partial charge in [-0.2, -0.15) is 5.10 Å². The summed E-state index contributed by atoms with van der Waals surface area (Å²) in [5.74, 6) is 0.388. The molecule has 0 aromatic carbocycles. The first kappa shape index (κ1) is 11.6. The number of rotatable bonds is 3. The Labute approximate surface area is 104 Å². The van der Waals surface area contributed by atoms with Crippen molar-refractivity contribution in [1.29, 1.82) is 0 Å². The number of hydrogen-bond acceptors (Lipinski definition) is 3. The van der Waals surface area contributed by atoms with Gasteiger partial charge >= 0.3 is 0 Å². The van der Waals surface area contributed by atoms with Crippen LogP contribution in [0, 0.1) is 6.92 Å². The van der Waals surface area contributed by atoms with Crippen LogP contribution in [0.5, 0.6) is 0 Å². The zero-order valence-electron chi connectivity index (χ0n) is 9.68. The highest BCUT2D eigenvalue weighted by Crippen LogP contribution is 2.16. The van der Waals surface area contributed by atoms with Crippen LogP contribution >= 0.6 is 11.3 Å². The van der Waals surface area contributed by atoms with Gasteiger partial charge in [0.1, 0.15) is 0 Å². The van der Waals surface area contributed by atoms with E-state index < -0.39 is 0 Å². The maximum atomic E-state index is 11.6. The third-order valence-corrected chi connectivity index (χ3v) is 3.09. The van der Waals surface area contributed by atoms with Crippen LogP contribution in [0.2, 0.25) is 0 Å². The van der Waals surface area contributed by atoms with E-state index in [1.807, 2.05) is 19.1 Å². The second-order valence-electron chi connectivity index (χ2n) is 3.65. The third kappa shape index (κ3) is 3.29. The van der Waals surface area contributed by atoms with Crippen LogP contribution in [0.3, 0.4) is 0 Å². The quantitative estimate of drug-likeness (QED) is 0.847. The minimum absolute atomic E-state index is 0.172. The van der Waals surface area contributed by atoms with E-state index in [9.17, 15) is 4.79 Å². The molecule has 5 heteroatoms. The molecule has 88 valence electrons. The molecular formula is C12H13N3OS. The lowest BCUT2D eigenvalue weighted by atomic mass is 10.4. The molecule has 0 spiro atoms. The minimum Gasteiger partial charge on any atom is -0.306 e. The van der Waals surface area contributed by atoms with Crippen LogP contribution in [0.4, 0.5) is 5.82 Å². The average molecular weight is 247 g/mol. The molecule has 0 aliphatic carbocycles. The van der Waals surface area contributed by atoms with Crippen molar-refractivity contribution in [2.24, 2.45) is 7.05 Å². The molecule has 0 atom stereocenters. The minimum atomic E-state index is -0.172. The lowest BCUT2D eigenvalue weighted by Gasteiger charge is -1.95. The van der Waals surface area contributed by atoms with Gasteiger partial charge in [-0.1, -0.05) is 0 Å². The molecule has 0 aliphatic rings. The van der Waals surface area contributed by atoms with Gasteiger partial charge in [0.05, 0.1) is 0 Å². The van der Waals surface area contributed by atoms with E-state index in [2.05, 4.69) is 10.4 Å². The van der Waals surface area contributed by atoms with Crippen molar-refractivity contribution in [2.45, 2.75) is 6.92 Å². The summed E-state index contributed by atoms with van der Waals surface area (Å²) in [6.07, 6.45) is 5.10. The predicted octanol–water partition coefficient (Wildman–Crippen LogP) is 2.44. The summed E-state index contributed by atoms with van der Waals surface area (Å²) >= 11 is 1.65. The van der Waals surface area contributed by atoms with Gasteiger partial charge in [-0.3, -0.25) is 9.48 Å². The first-order valence-electron chi connectivity index (χ1n) is 5.18. The van der Waals surface area contributed by atoms with Gasteiger partial charge in [0, 0.05) is 35.1 Å². The molecule has 0 unspecified atom stereocenters. The van der Waals surface area contributed by atoms with Crippen molar-refractivity contribution >= 4 is 29.1 Å². The topological polar surface area (TPSA) is 46.9 Å². The van der Waals surface area contributed by atoms with Crippen LogP contribution in [0.25, 0.3) is 6.08 Å². The lowest BCUT2D eigenvalue weighted by molar-refractivity contribution is -0.111. The van der Waals surface area contributed by atoms with Crippen molar-refractivity contribution in [3.8, 4) is 0 Å². The first-order chi connectivity index (χ1) is 8.13. The molecule has 17 heavy (non-hydrogen) atoms. The van der Waals surface area contributed by atoms with E-state index >= 15 is 0 Å². The standard InChI is InChI=1S/C12H13N3OS/c1-9-3-4-10(17-9)5-6-12(16)13-11-7-8-15(2)14-11/h3-8H,1-2H3,(H,13,14,16)/b6-5+. The van der Waals surface area contributed by atoms with Crippen LogP contribution in [-0.2, 0) is 11.8 Å². The number of carbonyl (C=O) groups is 1. The summed E-state index contributed by atoms with van der Waals surface area (Å²) in [4.78, 5) is 13.9. The Hall–Kier alpha value is -1.88. The van der Waals surface area contributed by atoms with Crippen LogP contribution in [0.1, 0.15) is 9.75 Å². The Morgan fingerprint density at radius 1 is 1.47 bits per heavy atom. The van der Waals surface area contributed by atoms with Gasteiger partial charge in [-0.25, -0.2) is 0 Å². The van der Waals surface area contributed by atoms with Gasteiger partial charge in [0.25, 0.3) is 0 Å². The van der Waals surface area contributed by atoms with Gasteiger partial charge < -0.3 is 5.32 Å².